The number of hydrogen-bond donors (Lipinski definition) is 1. The molecule has 1 saturated heterocycles. The SMILES string of the molecule is CCCC(CN(C)C1CCOC1C)NCC. The van der Waals surface area contributed by atoms with Gasteiger partial charge in [-0.15, -0.1) is 0 Å². The lowest BCUT2D eigenvalue weighted by atomic mass is 10.1. The first-order valence-corrected chi connectivity index (χ1v) is 6.74. The van der Waals surface area contributed by atoms with Gasteiger partial charge < -0.3 is 10.1 Å². The molecule has 96 valence electrons. The normalized spacial score (nSPS) is 27.6. The summed E-state index contributed by atoms with van der Waals surface area (Å²) in [5.74, 6) is 0. The molecule has 0 amide bonds. The van der Waals surface area contributed by atoms with Crippen LogP contribution in [0.1, 0.15) is 40.0 Å². The van der Waals surface area contributed by atoms with E-state index in [1.165, 1.54) is 19.3 Å². The lowest BCUT2D eigenvalue weighted by Crippen LogP contribution is -2.45. The molecule has 0 aliphatic carbocycles. The summed E-state index contributed by atoms with van der Waals surface area (Å²) in [6.07, 6.45) is 4.10. The van der Waals surface area contributed by atoms with E-state index >= 15 is 0 Å². The summed E-state index contributed by atoms with van der Waals surface area (Å²) in [5, 5.41) is 3.57. The summed E-state index contributed by atoms with van der Waals surface area (Å²) in [6, 6.07) is 1.24. The van der Waals surface area contributed by atoms with E-state index < -0.39 is 0 Å². The van der Waals surface area contributed by atoms with E-state index in [0.29, 0.717) is 18.2 Å². The fourth-order valence-corrected chi connectivity index (χ4v) is 2.68. The lowest BCUT2D eigenvalue weighted by Gasteiger charge is -2.30. The van der Waals surface area contributed by atoms with E-state index in [-0.39, 0.29) is 0 Å². The van der Waals surface area contributed by atoms with Crippen molar-refractivity contribution in [3.63, 3.8) is 0 Å². The van der Waals surface area contributed by atoms with Crippen molar-refractivity contribution in [3.8, 4) is 0 Å². The van der Waals surface area contributed by atoms with Gasteiger partial charge in [0, 0.05) is 25.2 Å². The summed E-state index contributed by atoms with van der Waals surface area (Å²) in [6.45, 7) is 9.76. The molecule has 1 N–H and O–H groups in total. The average molecular weight is 228 g/mol. The van der Waals surface area contributed by atoms with Gasteiger partial charge in [0.05, 0.1) is 6.10 Å². The first-order chi connectivity index (χ1) is 7.69. The predicted molar refractivity (Wildman–Crippen MR) is 68.8 cm³/mol. The Morgan fingerprint density at radius 3 is 2.69 bits per heavy atom. The molecule has 16 heavy (non-hydrogen) atoms. The summed E-state index contributed by atoms with van der Waals surface area (Å²) in [4.78, 5) is 2.47. The number of likely N-dealkylation sites (N-methyl/N-ethyl adjacent to an activating group) is 2. The zero-order chi connectivity index (χ0) is 12.0. The van der Waals surface area contributed by atoms with Crippen LogP contribution in [0.5, 0.6) is 0 Å². The molecule has 1 aliphatic heterocycles. The van der Waals surface area contributed by atoms with Crippen LogP contribution in [0.2, 0.25) is 0 Å². The van der Waals surface area contributed by atoms with Crippen molar-refractivity contribution >= 4 is 0 Å². The van der Waals surface area contributed by atoms with E-state index in [1.54, 1.807) is 0 Å². The van der Waals surface area contributed by atoms with E-state index in [4.69, 9.17) is 4.74 Å². The van der Waals surface area contributed by atoms with E-state index in [0.717, 1.165) is 19.7 Å². The molecule has 0 aromatic carbocycles. The summed E-state index contributed by atoms with van der Waals surface area (Å²) < 4.78 is 5.63. The molecule has 0 bridgehead atoms. The van der Waals surface area contributed by atoms with Gasteiger partial charge in [0.2, 0.25) is 0 Å². The van der Waals surface area contributed by atoms with Crippen LogP contribution in [0.15, 0.2) is 0 Å². The van der Waals surface area contributed by atoms with Gasteiger partial charge in [0.15, 0.2) is 0 Å². The third kappa shape index (κ3) is 4.04. The minimum absolute atomic E-state index is 0.397. The quantitative estimate of drug-likeness (QED) is 0.720. The molecule has 0 aromatic heterocycles. The van der Waals surface area contributed by atoms with Gasteiger partial charge >= 0.3 is 0 Å². The van der Waals surface area contributed by atoms with Crippen LogP contribution in [-0.2, 0) is 4.74 Å². The van der Waals surface area contributed by atoms with Crippen LogP contribution < -0.4 is 5.32 Å². The van der Waals surface area contributed by atoms with Gasteiger partial charge in [0.1, 0.15) is 0 Å². The Morgan fingerprint density at radius 2 is 2.19 bits per heavy atom. The van der Waals surface area contributed by atoms with Crippen molar-refractivity contribution in [3.05, 3.63) is 0 Å². The number of ether oxygens (including phenoxy) is 1. The topological polar surface area (TPSA) is 24.5 Å². The van der Waals surface area contributed by atoms with Crippen LogP contribution in [0.3, 0.4) is 0 Å². The maximum Gasteiger partial charge on any atom is 0.0702 e. The van der Waals surface area contributed by atoms with Crippen molar-refractivity contribution in [1.82, 2.24) is 10.2 Å². The van der Waals surface area contributed by atoms with E-state index in [1.807, 2.05) is 0 Å². The Morgan fingerprint density at radius 1 is 1.44 bits per heavy atom. The lowest BCUT2D eigenvalue weighted by molar-refractivity contribution is 0.0800. The highest BCUT2D eigenvalue weighted by atomic mass is 16.5. The number of hydrogen-bond acceptors (Lipinski definition) is 3. The monoisotopic (exact) mass is 228 g/mol. The molecule has 1 heterocycles. The molecule has 0 spiro atoms. The Labute approximate surface area is 101 Å². The fourth-order valence-electron chi connectivity index (χ4n) is 2.68. The van der Waals surface area contributed by atoms with Gasteiger partial charge in [-0.2, -0.15) is 0 Å². The molecular weight excluding hydrogens is 200 g/mol. The zero-order valence-electron chi connectivity index (χ0n) is 11.3. The Balaban J connectivity index is 2.37. The second-order valence-corrected chi connectivity index (χ2v) is 4.91. The highest BCUT2D eigenvalue weighted by Gasteiger charge is 2.28. The largest absolute Gasteiger partial charge is 0.377 e. The van der Waals surface area contributed by atoms with Crippen molar-refractivity contribution in [1.29, 1.82) is 0 Å². The summed E-state index contributed by atoms with van der Waals surface area (Å²) in [5.41, 5.74) is 0. The molecule has 0 radical (unpaired) electrons. The maximum atomic E-state index is 5.63. The van der Waals surface area contributed by atoms with Gasteiger partial charge in [-0.05, 0) is 33.4 Å². The first kappa shape index (κ1) is 13.9. The maximum absolute atomic E-state index is 5.63. The van der Waals surface area contributed by atoms with E-state index in [2.05, 4.69) is 38.0 Å². The van der Waals surface area contributed by atoms with Crippen LogP contribution in [0.25, 0.3) is 0 Å². The predicted octanol–water partition coefficient (Wildman–Crippen LogP) is 1.87. The van der Waals surface area contributed by atoms with Crippen molar-refractivity contribution in [2.75, 3.05) is 26.7 Å². The third-order valence-corrected chi connectivity index (χ3v) is 3.54. The van der Waals surface area contributed by atoms with Crippen molar-refractivity contribution in [2.24, 2.45) is 0 Å². The van der Waals surface area contributed by atoms with Crippen molar-refractivity contribution < 1.29 is 4.74 Å². The smallest absolute Gasteiger partial charge is 0.0702 e. The summed E-state index contributed by atoms with van der Waals surface area (Å²) in [7, 11) is 2.23. The molecule has 0 saturated carbocycles. The molecule has 3 nitrogen and oxygen atoms in total. The standard InChI is InChI=1S/C13H28N2O/c1-5-7-12(14-6-2)10-15(4)13-8-9-16-11(13)3/h11-14H,5-10H2,1-4H3. The molecule has 1 rings (SSSR count). The number of rotatable bonds is 7. The number of nitrogens with zero attached hydrogens (tertiary/aromatic N) is 1. The highest BCUT2D eigenvalue weighted by molar-refractivity contribution is 4.83. The number of nitrogens with one attached hydrogen (secondary N) is 1. The molecular formula is C13H28N2O. The molecule has 0 aromatic rings. The van der Waals surface area contributed by atoms with Gasteiger partial charge in [0.25, 0.3) is 0 Å². The highest BCUT2D eigenvalue weighted by Crippen LogP contribution is 2.18. The van der Waals surface area contributed by atoms with Crippen LogP contribution >= 0.6 is 0 Å². The van der Waals surface area contributed by atoms with Crippen molar-refractivity contribution in [2.45, 2.75) is 58.2 Å². The van der Waals surface area contributed by atoms with Gasteiger partial charge in [-0.1, -0.05) is 20.3 Å². The molecule has 3 atom stereocenters. The second kappa shape index (κ2) is 7.25. The Hall–Kier alpha value is -0.120. The Bertz CT molecular complexity index is 181. The zero-order valence-corrected chi connectivity index (χ0v) is 11.3. The second-order valence-electron chi connectivity index (χ2n) is 4.91. The minimum atomic E-state index is 0.397. The van der Waals surface area contributed by atoms with Crippen LogP contribution in [0.4, 0.5) is 0 Å². The molecule has 1 aliphatic rings. The first-order valence-electron chi connectivity index (χ1n) is 6.74. The summed E-state index contributed by atoms with van der Waals surface area (Å²) >= 11 is 0. The third-order valence-electron chi connectivity index (χ3n) is 3.54. The van der Waals surface area contributed by atoms with Gasteiger partial charge in [-0.3, -0.25) is 4.90 Å². The van der Waals surface area contributed by atoms with E-state index in [9.17, 15) is 0 Å². The van der Waals surface area contributed by atoms with Crippen LogP contribution in [-0.4, -0.2) is 49.8 Å². The van der Waals surface area contributed by atoms with Crippen LogP contribution in [0, 0.1) is 0 Å². The molecule has 3 unspecified atom stereocenters. The minimum Gasteiger partial charge on any atom is -0.377 e. The molecule has 3 heteroatoms. The Kier molecular flexibility index (Phi) is 6.32. The van der Waals surface area contributed by atoms with Gasteiger partial charge in [-0.25, -0.2) is 0 Å². The average Bonchev–Trinajstić information content (AvgIpc) is 2.65. The molecule has 1 fully saturated rings. The fraction of sp³-hybridized carbons (Fsp3) is 1.00.